The molecule has 0 heterocycles. The Labute approximate surface area is 168 Å². The Morgan fingerprint density at radius 3 is 2.00 bits per heavy atom. The van der Waals surface area contributed by atoms with Gasteiger partial charge in [0.2, 0.25) is 17.4 Å². The van der Waals surface area contributed by atoms with Crippen molar-refractivity contribution in [2.24, 2.45) is 0 Å². The van der Waals surface area contributed by atoms with Gasteiger partial charge in [0.05, 0.1) is 0 Å². The van der Waals surface area contributed by atoms with E-state index < -0.39 is 61.5 Å². The van der Waals surface area contributed by atoms with E-state index in [4.69, 9.17) is 9.29 Å². The Bertz CT molecular complexity index is 1070. The molecule has 0 unspecified atom stereocenters. The van der Waals surface area contributed by atoms with E-state index >= 15 is 0 Å². The predicted molar refractivity (Wildman–Crippen MR) is 91.5 cm³/mol. The molecule has 2 aromatic carbocycles. The summed E-state index contributed by atoms with van der Waals surface area (Å²) in [6.45, 7) is 1.01. The molecule has 2 rings (SSSR count). The highest BCUT2D eigenvalue weighted by Crippen LogP contribution is 2.33. The van der Waals surface area contributed by atoms with E-state index in [2.05, 4.69) is 4.74 Å². The molecule has 0 fully saturated rings. The van der Waals surface area contributed by atoms with E-state index in [1.807, 2.05) is 0 Å². The van der Waals surface area contributed by atoms with Crippen LogP contribution in [-0.2, 0) is 14.9 Å². The summed E-state index contributed by atoms with van der Waals surface area (Å²) >= 11 is 1.80. The van der Waals surface area contributed by atoms with E-state index in [9.17, 15) is 35.6 Å². The second-order valence-corrected chi connectivity index (χ2v) is 7.62. The largest absolute Gasteiger partial charge is 0.426 e. The first-order chi connectivity index (χ1) is 12.8. The molecule has 0 spiro atoms. The highest BCUT2D eigenvalue weighted by molar-refractivity contribution is 14.1. The van der Waals surface area contributed by atoms with Crippen LogP contribution in [0.15, 0.2) is 23.1 Å². The monoisotopic (exact) mass is 534 g/mol. The van der Waals surface area contributed by atoms with Gasteiger partial charge in [0.1, 0.15) is 11.3 Å². The average molecular weight is 534 g/mol. The summed E-state index contributed by atoms with van der Waals surface area (Å²) in [5.74, 6) is -14.4. The Kier molecular flexibility index (Phi) is 6.30. The van der Waals surface area contributed by atoms with Crippen molar-refractivity contribution >= 4 is 44.6 Å². The van der Waals surface area contributed by atoms with Crippen LogP contribution in [0.2, 0.25) is 0 Å². The maximum atomic E-state index is 14.0. The van der Waals surface area contributed by atoms with Crippen LogP contribution in [-0.4, -0.2) is 24.9 Å². The summed E-state index contributed by atoms with van der Waals surface area (Å²) in [5, 5.41) is 0. The van der Waals surface area contributed by atoms with Crippen molar-refractivity contribution in [3.05, 3.63) is 50.6 Å². The van der Waals surface area contributed by atoms with Crippen LogP contribution in [0.3, 0.4) is 0 Å². The number of hydrogen-bond acceptors (Lipinski definition) is 6. The topological polar surface area (TPSA) is 107 Å². The molecule has 2 aromatic rings. The molecule has 0 aliphatic rings. The minimum Gasteiger partial charge on any atom is -0.426 e. The van der Waals surface area contributed by atoms with Crippen LogP contribution in [0.1, 0.15) is 17.3 Å². The Hall–Kier alpha value is -2.26. The second-order valence-electron chi connectivity index (χ2n) is 5.01. The van der Waals surface area contributed by atoms with Gasteiger partial charge < -0.3 is 9.47 Å². The van der Waals surface area contributed by atoms with Crippen molar-refractivity contribution in [3.8, 4) is 11.5 Å². The van der Waals surface area contributed by atoms with Crippen LogP contribution in [0.25, 0.3) is 0 Å². The molecular formula is C15H7F4IO7S. The van der Waals surface area contributed by atoms with Gasteiger partial charge in [-0.25, -0.2) is 13.6 Å². The molecule has 0 atom stereocenters. The Morgan fingerprint density at radius 1 is 1.00 bits per heavy atom. The van der Waals surface area contributed by atoms with Crippen LogP contribution in [0.4, 0.5) is 17.6 Å². The molecule has 0 radical (unpaired) electrons. The Morgan fingerprint density at radius 2 is 1.54 bits per heavy atom. The zero-order chi connectivity index (χ0) is 21.4. The number of benzene rings is 2. The molecule has 0 aliphatic carbocycles. The van der Waals surface area contributed by atoms with Crippen molar-refractivity contribution in [1.82, 2.24) is 0 Å². The number of carbonyl (C=O) groups excluding carboxylic acids is 2. The SMILES string of the molecule is CC(=O)Oc1cc(I)ccc1C(=O)Oc1c(F)c(F)c(S(=O)(=O)O)c(F)c1F. The number of esters is 2. The smallest absolute Gasteiger partial charge is 0.347 e. The van der Waals surface area contributed by atoms with Gasteiger partial charge in [-0.05, 0) is 40.8 Å². The van der Waals surface area contributed by atoms with Gasteiger partial charge in [-0.15, -0.1) is 0 Å². The molecule has 28 heavy (non-hydrogen) atoms. The molecule has 0 saturated heterocycles. The lowest BCUT2D eigenvalue weighted by atomic mass is 10.2. The van der Waals surface area contributed by atoms with Crippen LogP contribution < -0.4 is 9.47 Å². The van der Waals surface area contributed by atoms with Crippen LogP contribution in [0, 0.1) is 26.8 Å². The van der Waals surface area contributed by atoms with Crippen molar-refractivity contribution in [1.29, 1.82) is 0 Å². The van der Waals surface area contributed by atoms with Gasteiger partial charge >= 0.3 is 22.1 Å². The molecule has 0 aliphatic heterocycles. The number of hydrogen-bond donors (Lipinski definition) is 1. The minimum absolute atomic E-state index is 0.360. The van der Waals surface area contributed by atoms with Gasteiger partial charge in [0.25, 0.3) is 0 Å². The summed E-state index contributed by atoms with van der Waals surface area (Å²) < 4.78 is 95.5. The quantitative estimate of drug-likeness (QED) is 0.160. The normalized spacial score (nSPS) is 11.2. The molecule has 1 N–H and O–H groups in total. The summed E-state index contributed by atoms with van der Waals surface area (Å²) in [5.41, 5.74) is -0.519. The van der Waals surface area contributed by atoms with E-state index in [-0.39, 0.29) is 5.75 Å². The number of carbonyl (C=O) groups is 2. The van der Waals surface area contributed by atoms with Crippen LogP contribution >= 0.6 is 22.6 Å². The zero-order valence-corrected chi connectivity index (χ0v) is 16.4. The second kappa shape index (κ2) is 8.00. The highest BCUT2D eigenvalue weighted by Gasteiger charge is 2.34. The van der Waals surface area contributed by atoms with Gasteiger partial charge in [-0.1, -0.05) is 0 Å². The van der Waals surface area contributed by atoms with Crippen molar-refractivity contribution in [2.75, 3.05) is 0 Å². The van der Waals surface area contributed by atoms with Gasteiger partial charge in [-0.2, -0.15) is 17.2 Å². The summed E-state index contributed by atoms with van der Waals surface area (Å²) in [6, 6.07) is 3.59. The number of ether oxygens (including phenoxy) is 2. The maximum absolute atomic E-state index is 14.0. The molecule has 150 valence electrons. The van der Waals surface area contributed by atoms with Gasteiger partial charge in [0.15, 0.2) is 16.5 Å². The zero-order valence-electron chi connectivity index (χ0n) is 13.4. The van der Waals surface area contributed by atoms with E-state index in [0.717, 1.165) is 13.0 Å². The fourth-order valence-electron chi connectivity index (χ4n) is 1.96. The molecule has 0 saturated carbocycles. The lowest BCUT2D eigenvalue weighted by Gasteiger charge is -2.12. The third-order valence-corrected chi connectivity index (χ3v) is 4.60. The number of rotatable bonds is 4. The maximum Gasteiger partial charge on any atom is 0.347 e. The first-order valence-corrected chi connectivity index (χ1v) is 9.40. The first kappa shape index (κ1) is 22.0. The Balaban J connectivity index is 2.56. The van der Waals surface area contributed by atoms with Crippen molar-refractivity contribution < 1.29 is 49.6 Å². The van der Waals surface area contributed by atoms with E-state index in [1.165, 1.54) is 12.1 Å². The third kappa shape index (κ3) is 4.41. The van der Waals surface area contributed by atoms with Crippen molar-refractivity contribution in [3.63, 3.8) is 0 Å². The first-order valence-electron chi connectivity index (χ1n) is 6.88. The van der Waals surface area contributed by atoms with Crippen molar-refractivity contribution in [2.45, 2.75) is 11.8 Å². The summed E-state index contributed by atoms with van der Waals surface area (Å²) in [7, 11) is -5.66. The highest BCUT2D eigenvalue weighted by atomic mass is 127. The predicted octanol–water partition coefficient (Wildman–Crippen LogP) is 3.24. The summed E-state index contributed by atoms with van der Waals surface area (Å²) in [4.78, 5) is 21.0. The minimum atomic E-state index is -5.66. The van der Waals surface area contributed by atoms with Gasteiger partial charge in [0, 0.05) is 10.5 Å². The fourth-order valence-corrected chi connectivity index (χ4v) is 3.05. The average Bonchev–Trinajstić information content (AvgIpc) is 2.55. The lowest BCUT2D eigenvalue weighted by Crippen LogP contribution is -2.17. The van der Waals surface area contributed by atoms with E-state index in [0.29, 0.717) is 3.57 Å². The number of halogens is 5. The standard InChI is InChI=1S/C15H7F4IO7S/c1-5(21)26-8-4-6(20)2-3-7(8)15(22)27-13-9(16)11(18)14(28(23,24)25)12(19)10(13)17/h2-4H,1H3,(H,23,24,25). The molecule has 0 amide bonds. The van der Waals surface area contributed by atoms with Crippen LogP contribution in [0.5, 0.6) is 11.5 Å². The third-order valence-electron chi connectivity index (χ3n) is 3.05. The molecule has 0 bridgehead atoms. The fraction of sp³-hybridized carbons (Fsp3) is 0.0667. The molecule has 0 aromatic heterocycles. The summed E-state index contributed by atoms with van der Waals surface area (Å²) in [6.07, 6.45) is 0. The lowest BCUT2D eigenvalue weighted by molar-refractivity contribution is -0.131. The van der Waals surface area contributed by atoms with E-state index in [1.54, 1.807) is 22.6 Å². The molecule has 13 heteroatoms. The molecular weight excluding hydrogens is 527 g/mol. The molecule has 7 nitrogen and oxygen atoms in total. The van der Waals surface area contributed by atoms with Gasteiger partial charge in [-0.3, -0.25) is 9.35 Å².